The Kier molecular flexibility index (Phi) is 6.17. The van der Waals surface area contributed by atoms with Gasteiger partial charge in [-0.2, -0.15) is 18.3 Å². The van der Waals surface area contributed by atoms with E-state index in [9.17, 15) is 21.6 Å². The summed E-state index contributed by atoms with van der Waals surface area (Å²) in [5.41, 5.74) is 1.47. The highest BCUT2D eigenvalue weighted by Crippen LogP contribution is 2.44. The molecule has 0 bridgehead atoms. The van der Waals surface area contributed by atoms with E-state index in [1.165, 1.54) is 41.8 Å². The number of thiazole rings is 1. The highest BCUT2D eigenvalue weighted by atomic mass is 32.2. The maximum Gasteiger partial charge on any atom is 0.416 e. The lowest BCUT2D eigenvalue weighted by Crippen LogP contribution is -2.19. The summed E-state index contributed by atoms with van der Waals surface area (Å²) in [6.07, 6.45) is -2.56. The molecule has 0 aliphatic carbocycles. The summed E-state index contributed by atoms with van der Waals surface area (Å²) in [6, 6.07) is 11.2. The molecule has 0 radical (unpaired) electrons. The molecule has 0 saturated carbocycles. The zero-order valence-corrected chi connectivity index (χ0v) is 20.4. The monoisotopic (exact) mass is 532 g/mol. The fourth-order valence-electron chi connectivity index (χ4n) is 4.16. The first-order valence-electron chi connectivity index (χ1n) is 10.8. The summed E-state index contributed by atoms with van der Waals surface area (Å²) in [4.78, 5) is 4.39. The second kappa shape index (κ2) is 9.17. The summed E-state index contributed by atoms with van der Waals surface area (Å²) in [5, 5.41) is 9.87. The molecule has 7 nitrogen and oxygen atoms in total. The highest BCUT2D eigenvalue weighted by molar-refractivity contribution is 7.92. The third kappa shape index (κ3) is 4.78. The zero-order valence-electron chi connectivity index (χ0n) is 18.8. The van der Waals surface area contributed by atoms with Gasteiger partial charge in [0, 0.05) is 34.7 Å². The first kappa shape index (κ1) is 24.2. The van der Waals surface area contributed by atoms with Crippen molar-refractivity contribution in [1.29, 1.82) is 0 Å². The van der Waals surface area contributed by atoms with Crippen LogP contribution in [0.5, 0.6) is 5.75 Å². The van der Waals surface area contributed by atoms with Gasteiger partial charge >= 0.3 is 6.18 Å². The number of sulfonamides is 1. The van der Waals surface area contributed by atoms with Crippen molar-refractivity contribution >= 4 is 27.2 Å². The van der Waals surface area contributed by atoms with Crippen molar-refractivity contribution in [2.24, 2.45) is 0 Å². The van der Waals surface area contributed by atoms with E-state index < -0.39 is 21.8 Å². The van der Waals surface area contributed by atoms with Crippen LogP contribution in [0.2, 0.25) is 0 Å². The summed E-state index contributed by atoms with van der Waals surface area (Å²) in [7, 11) is -3.97. The van der Waals surface area contributed by atoms with E-state index in [0.717, 1.165) is 17.1 Å². The molecule has 1 unspecified atom stereocenters. The standard InChI is InChI=1S/C24H19F3N4O3S2/c1-14-29-21(13-35-14)20-11-15(24(25,26)27)4-6-17(20)18-8-10-34-22-12-16(5-7-19(18)22)36(32,33)31-23-3-2-9-28-30-23/h2-7,9,11-13,18H,8,10H2,1H3,(H,30,31). The second-order valence-corrected chi connectivity index (χ2v) is 10.9. The van der Waals surface area contributed by atoms with Crippen molar-refractivity contribution in [3.63, 3.8) is 0 Å². The van der Waals surface area contributed by atoms with Crippen molar-refractivity contribution in [1.82, 2.24) is 15.2 Å². The SMILES string of the molecule is Cc1nc(-c2cc(C(F)(F)F)ccc2C2CCOc3cc(S(=O)(=O)Nc4cccnn4)ccc32)cs1. The lowest BCUT2D eigenvalue weighted by atomic mass is 9.83. The first-order valence-corrected chi connectivity index (χ1v) is 13.2. The smallest absolute Gasteiger partial charge is 0.416 e. The molecule has 4 aromatic rings. The lowest BCUT2D eigenvalue weighted by Gasteiger charge is -2.28. The summed E-state index contributed by atoms with van der Waals surface area (Å²) >= 11 is 1.36. The van der Waals surface area contributed by atoms with Gasteiger partial charge in [0.15, 0.2) is 5.82 Å². The van der Waals surface area contributed by atoms with Crippen molar-refractivity contribution in [2.75, 3.05) is 11.3 Å². The minimum Gasteiger partial charge on any atom is -0.493 e. The van der Waals surface area contributed by atoms with Gasteiger partial charge in [-0.3, -0.25) is 4.72 Å². The average Bonchev–Trinajstić information content (AvgIpc) is 3.29. The van der Waals surface area contributed by atoms with Gasteiger partial charge < -0.3 is 4.74 Å². The molecule has 0 saturated heterocycles. The summed E-state index contributed by atoms with van der Waals surface area (Å²) < 4.78 is 74.4. The predicted octanol–water partition coefficient (Wildman–Crippen LogP) is 5.64. The van der Waals surface area contributed by atoms with Gasteiger partial charge in [0.25, 0.3) is 10.0 Å². The van der Waals surface area contributed by atoms with Crippen LogP contribution in [0.4, 0.5) is 19.0 Å². The maximum absolute atomic E-state index is 13.5. The topological polar surface area (TPSA) is 94.1 Å². The molecule has 2 aromatic carbocycles. The molecule has 0 amide bonds. The van der Waals surface area contributed by atoms with Gasteiger partial charge in [0.05, 0.1) is 27.8 Å². The Bertz CT molecular complexity index is 1520. The number of nitrogens with one attached hydrogen (secondary N) is 1. The number of aromatic nitrogens is 3. The fourth-order valence-corrected chi connectivity index (χ4v) is 5.78. The number of rotatable bonds is 5. The van der Waals surface area contributed by atoms with E-state index in [4.69, 9.17) is 4.74 Å². The van der Waals surface area contributed by atoms with Crippen LogP contribution in [-0.2, 0) is 16.2 Å². The van der Waals surface area contributed by atoms with Crippen molar-refractivity contribution in [2.45, 2.75) is 30.3 Å². The van der Waals surface area contributed by atoms with Crippen LogP contribution in [0.3, 0.4) is 0 Å². The number of hydrogen-bond donors (Lipinski definition) is 1. The van der Waals surface area contributed by atoms with Crippen LogP contribution in [0.25, 0.3) is 11.3 Å². The average molecular weight is 533 g/mol. The van der Waals surface area contributed by atoms with Crippen LogP contribution in [-0.4, -0.2) is 30.2 Å². The molecule has 0 spiro atoms. The molecule has 3 heterocycles. The molecular formula is C24H19F3N4O3S2. The highest BCUT2D eigenvalue weighted by Gasteiger charge is 2.33. The Balaban J connectivity index is 1.55. The Morgan fingerprint density at radius 2 is 1.92 bits per heavy atom. The number of hydrogen-bond acceptors (Lipinski definition) is 7. The Morgan fingerprint density at radius 1 is 1.11 bits per heavy atom. The van der Waals surface area contributed by atoms with E-state index in [1.54, 1.807) is 24.4 Å². The van der Waals surface area contributed by atoms with Crippen LogP contribution in [0, 0.1) is 6.92 Å². The van der Waals surface area contributed by atoms with Gasteiger partial charge in [0.2, 0.25) is 0 Å². The predicted molar refractivity (Wildman–Crippen MR) is 129 cm³/mol. The minimum atomic E-state index is -4.49. The number of alkyl halides is 3. The van der Waals surface area contributed by atoms with Gasteiger partial charge in [-0.15, -0.1) is 16.4 Å². The normalized spacial score (nSPS) is 15.7. The molecule has 12 heteroatoms. The lowest BCUT2D eigenvalue weighted by molar-refractivity contribution is -0.137. The maximum atomic E-state index is 13.5. The molecule has 1 aliphatic heterocycles. The Hall–Kier alpha value is -3.51. The number of aryl methyl sites for hydroxylation is 1. The van der Waals surface area contributed by atoms with E-state index in [2.05, 4.69) is 19.9 Å². The first-order chi connectivity index (χ1) is 17.1. The van der Waals surface area contributed by atoms with Crippen LogP contribution in [0.1, 0.15) is 34.0 Å². The quantitative estimate of drug-likeness (QED) is 0.357. The van der Waals surface area contributed by atoms with E-state index in [-0.39, 0.29) is 23.2 Å². The van der Waals surface area contributed by atoms with Gasteiger partial charge in [-0.25, -0.2) is 13.4 Å². The molecule has 1 N–H and O–H groups in total. The third-order valence-corrected chi connectivity index (χ3v) is 7.92. The number of ether oxygens (including phenoxy) is 1. The van der Waals surface area contributed by atoms with Crippen molar-refractivity contribution < 1.29 is 26.3 Å². The van der Waals surface area contributed by atoms with Crippen LogP contribution < -0.4 is 9.46 Å². The largest absolute Gasteiger partial charge is 0.493 e. The number of anilines is 1. The number of halogens is 3. The van der Waals surface area contributed by atoms with Crippen LogP contribution in [0.15, 0.2) is 65.0 Å². The molecule has 1 atom stereocenters. The van der Waals surface area contributed by atoms with Crippen molar-refractivity contribution in [3.05, 3.63) is 81.8 Å². The van der Waals surface area contributed by atoms with E-state index >= 15 is 0 Å². The molecular weight excluding hydrogens is 513 g/mol. The number of fused-ring (bicyclic) bond motifs is 1. The van der Waals surface area contributed by atoms with Crippen LogP contribution >= 0.6 is 11.3 Å². The molecule has 186 valence electrons. The number of nitrogens with zero attached hydrogens (tertiary/aromatic N) is 3. The molecule has 2 aromatic heterocycles. The molecule has 0 fully saturated rings. The second-order valence-electron chi connectivity index (χ2n) is 8.16. The van der Waals surface area contributed by atoms with E-state index in [0.29, 0.717) is 34.6 Å². The molecule has 5 rings (SSSR count). The van der Waals surface area contributed by atoms with Gasteiger partial charge in [-0.05, 0) is 49.2 Å². The minimum absolute atomic E-state index is 0.0321. The fraction of sp³-hybridized carbons (Fsp3) is 0.208. The van der Waals surface area contributed by atoms with Gasteiger partial charge in [0.1, 0.15) is 5.75 Å². The van der Waals surface area contributed by atoms with Gasteiger partial charge in [-0.1, -0.05) is 12.1 Å². The molecule has 36 heavy (non-hydrogen) atoms. The Labute approximate surface area is 209 Å². The van der Waals surface area contributed by atoms with E-state index in [1.807, 2.05) is 0 Å². The zero-order chi connectivity index (χ0) is 25.5. The Morgan fingerprint density at radius 3 is 2.61 bits per heavy atom. The summed E-state index contributed by atoms with van der Waals surface area (Å²) in [6.45, 7) is 2.07. The van der Waals surface area contributed by atoms with Crippen molar-refractivity contribution in [3.8, 4) is 17.0 Å². The molecule has 1 aliphatic rings. The third-order valence-electron chi connectivity index (χ3n) is 5.80. The number of benzene rings is 2. The summed E-state index contributed by atoms with van der Waals surface area (Å²) in [5.74, 6) is 0.119.